The molecule has 0 aliphatic heterocycles. The summed E-state index contributed by atoms with van der Waals surface area (Å²) >= 11 is 0. The minimum absolute atomic E-state index is 0.00904. The summed E-state index contributed by atoms with van der Waals surface area (Å²) < 4.78 is 34.7. The van der Waals surface area contributed by atoms with Crippen LogP contribution in [0.25, 0.3) is 5.82 Å². The number of rotatable bonds is 5. The maximum absolute atomic E-state index is 12.9. The average Bonchev–Trinajstić information content (AvgIpc) is 3.04. The van der Waals surface area contributed by atoms with E-state index in [4.69, 9.17) is 4.74 Å². The Morgan fingerprint density at radius 2 is 2.08 bits per heavy atom. The van der Waals surface area contributed by atoms with Gasteiger partial charge in [-0.05, 0) is 36.8 Å². The molecule has 1 aromatic carbocycles. The van der Waals surface area contributed by atoms with Crippen LogP contribution in [0.4, 0.5) is 5.82 Å². The largest absolute Gasteiger partial charge is 0.495 e. The SMILES string of the molecule is COc1ccc(C)cc1S(=O)(=O)Nc1c(C#N)cnn1-c1ccccn1. The van der Waals surface area contributed by atoms with Crippen molar-refractivity contribution in [1.29, 1.82) is 5.26 Å². The maximum Gasteiger partial charge on any atom is 0.266 e. The Morgan fingerprint density at radius 3 is 2.73 bits per heavy atom. The van der Waals surface area contributed by atoms with E-state index in [1.165, 1.54) is 24.1 Å². The molecule has 132 valence electrons. The summed E-state index contributed by atoms with van der Waals surface area (Å²) in [6.07, 6.45) is 2.82. The molecule has 0 bridgehead atoms. The van der Waals surface area contributed by atoms with Gasteiger partial charge in [0.05, 0.1) is 13.3 Å². The number of hydrogen-bond acceptors (Lipinski definition) is 6. The van der Waals surface area contributed by atoms with Gasteiger partial charge in [-0.15, -0.1) is 0 Å². The van der Waals surface area contributed by atoms with Gasteiger partial charge in [-0.1, -0.05) is 12.1 Å². The molecule has 3 rings (SSSR count). The van der Waals surface area contributed by atoms with Crippen LogP contribution in [0.5, 0.6) is 5.75 Å². The van der Waals surface area contributed by atoms with Gasteiger partial charge in [-0.2, -0.15) is 15.0 Å². The number of benzene rings is 1. The molecule has 0 amide bonds. The summed E-state index contributed by atoms with van der Waals surface area (Å²) in [6.45, 7) is 1.78. The molecule has 0 saturated carbocycles. The molecule has 0 fully saturated rings. The van der Waals surface area contributed by atoms with Crippen LogP contribution in [0.1, 0.15) is 11.1 Å². The predicted octanol–water partition coefficient (Wildman–Crippen LogP) is 2.26. The van der Waals surface area contributed by atoms with E-state index in [0.717, 1.165) is 5.56 Å². The third kappa shape index (κ3) is 3.22. The lowest BCUT2D eigenvalue weighted by Gasteiger charge is -2.13. The first kappa shape index (κ1) is 17.4. The van der Waals surface area contributed by atoms with Gasteiger partial charge < -0.3 is 4.74 Å². The number of sulfonamides is 1. The Balaban J connectivity index is 2.11. The van der Waals surface area contributed by atoms with E-state index in [2.05, 4.69) is 14.8 Å². The summed E-state index contributed by atoms with van der Waals surface area (Å²) in [4.78, 5) is 4.11. The van der Waals surface area contributed by atoms with E-state index < -0.39 is 10.0 Å². The Bertz CT molecular complexity index is 1090. The zero-order valence-electron chi connectivity index (χ0n) is 14.0. The van der Waals surface area contributed by atoms with Crippen molar-refractivity contribution in [2.75, 3.05) is 11.8 Å². The van der Waals surface area contributed by atoms with Crippen LogP contribution < -0.4 is 9.46 Å². The smallest absolute Gasteiger partial charge is 0.266 e. The Morgan fingerprint density at radius 1 is 1.27 bits per heavy atom. The molecule has 0 saturated heterocycles. The van der Waals surface area contributed by atoms with Gasteiger partial charge in [0.1, 0.15) is 22.3 Å². The minimum Gasteiger partial charge on any atom is -0.495 e. The fourth-order valence-corrected chi connectivity index (χ4v) is 3.68. The molecule has 2 aromatic heterocycles. The Labute approximate surface area is 150 Å². The number of nitrogens with zero attached hydrogens (tertiary/aromatic N) is 4. The zero-order valence-corrected chi connectivity index (χ0v) is 14.9. The van der Waals surface area contributed by atoms with Crippen LogP contribution >= 0.6 is 0 Å². The van der Waals surface area contributed by atoms with Gasteiger partial charge >= 0.3 is 0 Å². The monoisotopic (exact) mass is 369 g/mol. The van der Waals surface area contributed by atoms with E-state index >= 15 is 0 Å². The molecule has 0 aliphatic carbocycles. The zero-order chi connectivity index (χ0) is 18.7. The van der Waals surface area contributed by atoms with Crippen LogP contribution in [0.3, 0.4) is 0 Å². The molecular formula is C17H15N5O3S. The van der Waals surface area contributed by atoms with Crippen LogP contribution in [0.15, 0.2) is 53.7 Å². The topological polar surface area (TPSA) is 110 Å². The van der Waals surface area contributed by atoms with Crippen molar-refractivity contribution < 1.29 is 13.2 Å². The number of nitrogens with one attached hydrogen (secondary N) is 1. The van der Waals surface area contributed by atoms with Crippen molar-refractivity contribution in [3.05, 3.63) is 59.9 Å². The number of pyridine rings is 1. The number of methoxy groups -OCH3 is 1. The van der Waals surface area contributed by atoms with Crippen LogP contribution in [-0.2, 0) is 10.0 Å². The lowest BCUT2D eigenvalue weighted by atomic mass is 10.2. The van der Waals surface area contributed by atoms with E-state index in [-0.39, 0.29) is 22.0 Å². The average molecular weight is 369 g/mol. The number of aryl methyl sites for hydroxylation is 1. The first-order valence-corrected chi connectivity index (χ1v) is 9.01. The molecule has 3 aromatic rings. The molecule has 0 radical (unpaired) electrons. The van der Waals surface area contributed by atoms with Gasteiger partial charge in [0.2, 0.25) is 0 Å². The van der Waals surface area contributed by atoms with E-state index in [9.17, 15) is 13.7 Å². The van der Waals surface area contributed by atoms with E-state index in [1.807, 2.05) is 6.07 Å². The number of aromatic nitrogens is 3. The molecule has 0 unspecified atom stereocenters. The summed E-state index contributed by atoms with van der Waals surface area (Å²) in [5, 5.41) is 13.4. The number of nitriles is 1. The van der Waals surface area contributed by atoms with E-state index in [0.29, 0.717) is 5.82 Å². The highest BCUT2D eigenvalue weighted by molar-refractivity contribution is 7.92. The third-order valence-corrected chi connectivity index (χ3v) is 4.96. The van der Waals surface area contributed by atoms with Crippen LogP contribution in [-0.4, -0.2) is 30.3 Å². The molecule has 1 N–H and O–H groups in total. The Hall–Kier alpha value is -3.38. The lowest BCUT2D eigenvalue weighted by Crippen LogP contribution is -2.18. The molecular weight excluding hydrogens is 354 g/mol. The van der Waals surface area contributed by atoms with Gasteiger partial charge in [-0.3, -0.25) is 4.72 Å². The molecule has 2 heterocycles. The molecule has 26 heavy (non-hydrogen) atoms. The second-order valence-corrected chi connectivity index (χ2v) is 7.03. The van der Waals surface area contributed by atoms with Crippen molar-refractivity contribution in [3.63, 3.8) is 0 Å². The number of hydrogen-bond donors (Lipinski definition) is 1. The third-order valence-electron chi connectivity index (χ3n) is 3.60. The van der Waals surface area contributed by atoms with Crippen LogP contribution in [0.2, 0.25) is 0 Å². The molecule has 9 heteroatoms. The standard InChI is InChI=1S/C17H15N5O3S/c1-12-6-7-14(25-2)15(9-12)26(23,24)21-17-13(10-18)11-20-22(17)16-5-3-4-8-19-16/h3-9,11,21H,1-2H3. The van der Waals surface area contributed by atoms with Crippen molar-refractivity contribution in [1.82, 2.24) is 14.8 Å². The van der Waals surface area contributed by atoms with Gasteiger partial charge in [-0.25, -0.2) is 13.4 Å². The molecule has 0 aliphatic rings. The lowest BCUT2D eigenvalue weighted by molar-refractivity contribution is 0.402. The summed E-state index contributed by atoms with van der Waals surface area (Å²) in [6, 6.07) is 11.9. The summed E-state index contributed by atoms with van der Waals surface area (Å²) in [5.41, 5.74) is 0.829. The number of ether oxygens (including phenoxy) is 1. The van der Waals surface area contributed by atoms with Gasteiger partial charge in [0.15, 0.2) is 11.6 Å². The highest BCUT2D eigenvalue weighted by atomic mass is 32.2. The van der Waals surface area contributed by atoms with Crippen molar-refractivity contribution in [3.8, 4) is 17.6 Å². The molecule has 0 atom stereocenters. The highest BCUT2D eigenvalue weighted by Gasteiger charge is 2.24. The fourth-order valence-electron chi connectivity index (χ4n) is 2.36. The first-order valence-electron chi connectivity index (χ1n) is 7.53. The van der Waals surface area contributed by atoms with E-state index in [1.54, 1.807) is 43.5 Å². The van der Waals surface area contributed by atoms with Crippen molar-refractivity contribution in [2.24, 2.45) is 0 Å². The second-order valence-electron chi connectivity index (χ2n) is 5.38. The highest BCUT2D eigenvalue weighted by Crippen LogP contribution is 2.28. The minimum atomic E-state index is -4.03. The van der Waals surface area contributed by atoms with Crippen LogP contribution in [0, 0.1) is 18.3 Å². The summed E-state index contributed by atoms with van der Waals surface area (Å²) in [5.74, 6) is 0.586. The quantitative estimate of drug-likeness (QED) is 0.739. The predicted molar refractivity (Wildman–Crippen MR) is 94.6 cm³/mol. The maximum atomic E-state index is 12.9. The second kappa shape index (κ2) is 6.85. The first-order chi connectivity index (χ1) is 12.5. The fraction of sp³-hybridized carbons (Fsp3) is 0.118. The number of anilines is 1. The molecule has 8 nitrogen and oxygen atoms in total. The van der Waals surface area contributed by atoms with Crippen molar-refractivity contribution >= 4 is 15.8 Å². The molecule has 0 spiro atoms. The summed E-state index contributed by atoms with van der Waals surface area (Å²) in [7, 11) is -2.63. The van der Waals surface area contributed by atoms with Crippen molar-refractivity contribution in [2.45, 2.75) is 11.8 Å². The Kier molecular flexibility index (Phi) is 4.60. The van der Waals surface area contributed by atoms with Gasteiger partial charge in [0, 0.05) is 6.20 Å². The van der Waals surface area contributed by atoms with Gasteiger partial charge in [0.25, 0.3) is 10.0 Å². The normalized spacial score (nSPS) is 11.0.